The van der Waals surface area contributed by atoms with Gasteiger partial charge in [0.15, 0.2) is 6.29 Å². The molecule has 0 aromatic heterocycles. The fourth-order valence-electron chi connectivity index (χ4n) is 9.98. The summed E-state index contributed by atoms with van der Waals surface area (Å²) < 4.78 is 22.9. The van der Waals surface area contributed by atoms with Gasteiger partial charge < -0.3 is 39.1 Å². The highest BCUT2D eigenvalue weighted by Crippen LogP contribution is 2.70. The molecule has 0 aromatic rings. The number of fused-ring (bicyclic) bond motifs is 5. The summed E-state index contributed by atoms with van der Waals surface area (Å²) in [7, 11) is 1.57. The molecular formula is C30H44O9. The van der Waals surface area contributed by atoms with Crippen LogP contribution in [-0.4, -0.2) is 83.2 Å². The topological polar surface area (TPSA) is 132 Å². The minimum atomic E-state index is -1.21. The van der Waals surface area contributed by atoms with Crippen molar-refractivity contribution in [2.24, 2.45) is 28.6 Å². The van der Waals surface area contributed by atoms with Crippen LogP contribution < -0.4 is 0 Å². The van der Waals surface area contributed by atoms with Crippen molar-refractivity contribution in [3.8, 4) is 0 Å². The summed E-state index contributed by atoms with van der Waals surface area (Å²) >= 11 is 0. The number of aliphatic hydroxyl groups excluding tert-OH is 1. The van der Waals surface area contributed by atoms with E-state index in [1.165, 1.54) is 0 Å². The zero-order chi connectivity index (χ0) is 27.8. The van der Waals surface area contributed by atoms with Crippen LogP contribution in [0.5, 0.6) is 0 Å². The Morgan fingerprint density at radius 2 is 1.85 bits per heavy atom. The molecule has 12 atom stereocenters. The number of hydrogen-bond donors (Lipinski definition) is 3. The maximum atomic E-state index is 13.0. The molecule has 1 saturated heterocycles. The molecule has 2 heterocycles. The molecule has 6 aliphatic rings. The second-order valence-corrected chi connectivity index (χ2v) is 13.5. The molecule has 2 aliphatic heterocycles. The van der Waals surface area contributed by atoms with E-state index in [0.29, 0.717) is 51.6 Å². The smallest absolute Gasteiger partial charge is 0.331 e. The number of ether oxygens (including phenoxy) is 4. The quantitative estimate of drug-likeness (QED) is 0.269. The number of methoxy groups -OCH3 is 1. The first-order valence-corrected chi connectivity index (χ1v) is 14.8. The first-order chi connectivity index (χ1) is 18.5. The third kappa shape index (κ3) is 3.94. The molecule has 5 fully saturated rings. The van der Waals surface area contributed by atoms with Gasteiger partial charge in [0.05, 0.1) is 34.9 Å². The van der Waals surface area contributed by atoms with Crippen LogP contribution in [0.4, 0.5) is 0 Å². The summed E-state index contributed by atoms with van der Waals surface area (Å²) in [6.07, 6.45) is 6.10. The normalized spacial score (nSPS) is 53.3. The summed E-state index contributed by atoms with van der Waals surface area (Å²) in [6.45, 7) is 4.25. The van der Waals surface area contributed by atoms with Gasteiger partial charge in [-0.3, -0.25) is 0 Å². The van der Waals surface area contributed by atoms with E-state index in [4.69, 9.17) is 18.9 Å². The second-order valence-electron chi connectivity index (χ2n) is 13.5. The fourth-order valence-corrected chi connectivity index (χ4v) is 9.98. The van der Waals surface area contributed by atoms with Crippen LogP contribution in [0.25, 0.3) is 0 Å². The molecule has 9 nitrogen and oxygen atoms in total. The molecule has 4 saturated carbocycles. The first-order valence-electron chi connectivity index (χ1n) is 14.8. The Hall–Kier alpha value is -1.36. The average Bonchev–Trinajstić information content (AvgIpc) is 3.45. The highest BCUT2D eigenvalue weighted by Gasteiger charge is 2.71. The monoisotopic (exact) mass is 548 g/mol. The van der Waals surface area contributed by atoms with Gasteiger partial charge in [-0.05, 0) is 81.6 Å². The van der Waals surface area contributed by atoms with Gasteiger partial charge in [-0.2, -0.15) is 0 Å². The van der Waals surface area contributed by atoms with Crippen LogP contribution in [0.15, 0.2) is 11.6 Å². The largest absolute Gasteiger partial charge is 0.458 e. The molecule has 3 N–H and O–H groups in total. The average molecular weight is 549 g/mol. The lowest BCUT2D eigenvalue weighted by molar-refractivity contribution is -0.287. The van der Waals surface area contributed by atoms with Gasteiger partial charge in [0, 0.05) is 31.4 Å². The molecule has 6 rings (SSSR count). The molecule has 39 heavy (non-hydrogen) atoms. The van der Waals surface area contributed by atoms with Gasteiger partial charge in [0.25, 0.3) is 0 Å². The molecule has 0 unspecified atom stereocenters. The number of rotatable bonds is 5. The zero-order valence-corrected chi connectivity index (χ0v) is 23.3. The van der Waals surface area contributed by atoms with E-state index < -0.39 is 40.5 Å². The Kier molecular flexibility index (Phi) is 6.84. The maximum absolute atomic E-state index is 13.0. The van der Waals surface area contributed by atoms with Crippen molar-refractivity contribution < 1.29 is 43.9 Å². The van der Waals surface area contributed by atoms with Crippen molar-refractivity contribution in [3.63, 3.8) is 0 Å². The molecule has 4 aliphatic carbocycles. The molecule has 0 spiro atoms. The summed E-state index contributed by atoms with van der Waals surface area (Å²) in [5, 5.41) is 34.8. The van der Waals surface area contributed by atoms with Gasteiger partial charge in [-0.1, -0.05) is 6.92 Å². The van der Waals surface area contributed by atoms with Gasteiger partial charge >= 0.3 is 5.97 Å². The van der Waals surface area contributed by atoms with E-state index in [9.17, 15) is 24.9 Å². The van der Waals surface area contributed by atoms with Crippen molar-refractivity contribution in [3.05, 3.63) is 11.6 Å². The Labute approximate surface area is 230 Å². The standard InChI is InChI=1S/C30H44O9/c1-17-26(33)23(36-3)13-25(38-17)39-19-4-9-28(16-31)21-5-8-27(2)20(18-12-24(32)37-15-18)7-11-30(27,35)22(21)6-10-29(28,34)14-19/h12,16-17,19-23,25-26,33-35H,4-11,13-15H2,1-3H3/t17-,19+,20+,21-,22+,23+,25-,26+,27-,28+,29-,30+/m1/s1. The third-order valence-electron chi connectivity index (χ3n) is 12.1. The van der Waals surface area contributed by atoms with Crippen LogP contribution in [0, 0.1) is 28.6 Å². The third-order valence-corrected chi connectivity index (χ3v) is 12.1. The van der Waals surface area contributed by atoms with Gasteiger partial charge in [0.2, 0.25) is 0 Å². The molecular weight excluding hydrogens is 504 g/mol. The highest BCUT2D eigenvalue weighted by atomic mass is 16.7. The van der Waals surface area contributed by atoms with Crippen molar-refractivity contribution in [2.75, 3.05) is 13.7 Å². The van der Waals surface area contributed by atoms with Crippen LogP contribution in [-0.2, 0) is 28.5 Å². The number of cyclic esters (lactones) is 1. The first kappa shape index (κ1) is 27.8. The maximum Gasteiger partial charge on any atom is 0.331 e. The van der Waals surface area contributed by atoms with E-state index in [1.54, 1.807) is 20.1 Å². The second kappa shape index (κ2) is 9.60. The molecule has 0 aromatic carbocycles. The van der Waals surface area contributed by atoms with Crippen molar-refractivity contribution in [2.45, 2.75) is 120 Å². The predicted molar refractivity (Wildman–Crippen MR) is 138 cm³/mol. The van der Waals surface area contributed by atoms with Crippen LogP contribution in [0.1, 0.15) is 78.1 Å². The molecule has 218 valence electrons. The minimum absolute atomic E-state index is 0.0827. The Bertz CT molecular complexity index is 1030. The van der Waals surface area contributed by atoms with E-state index >= 15 is 0 Å². The highest BCUT2D eigenvalue weighted by molar-refractivity contribution is 5.85. The number of aliphatic hydroxyl groups is 3. The number of hydrogen-bond acceptors (Lipinski definition) is 9. The summed E-state index contributed by atoms with van der Waals surface area (Å²) in [5.74, 6) is -0.420. The van der Waals surface area contributed by atoms with E-state index in [1.807, 2.05) is 0 Å². The van der Waals surface area contributed by atoms with E-state index in [-0.39, 0.29) is 35.9 Å². The summed E-state index contributed by atoms with van der Waals surface area (Å²) in [4.78, 5) is 24.8. The summed E-state index contributed by atoms with van der Waals surface area (Å²) in [6, 6.07) is 0. The predicted octanol–water partition coefficient (Wildman–Crippen LogP) is 2.43. The number of carbonyl (C=O) groups excluding carboxylic acids is 2. The zero-order valence-electron chi connectivity index (χ0n) is 23.3. The lowest BCUT2D eigenvalue weighted by atomic mass is 9.41. The fraction of sp³-hybridized carbons (Fsp3) is 0.867. The SMILES string of the molecule is CO[C@H]1C[C@@H](O[C@H]2CC[C@]3(C=O)[C@@H]4CC[C@]5(C)[C@H](C6=CC(=O)OC6)CC[C@]5(O)[C@H]4CC[C@@]3(O)C2)O[C@H](C)[C@@H]1O. The number of aldehydes is 1. The molecule has 9 heteroatoms. The van der Waals surface area contributed by atoms with Crippen molar-refractivity contribution >= 4 is 12.3 Å². The number of carbonyl (C=O) groups is 2. The Morgan fingerprint density at radius 1 is 1.08 bits per heavy atom. The van der Waals surface area contributed by atoms with E-state index in [0.717, 1.165) is 31.1 Å². The lowest BCUT2D eigenvalue weighted by Crippen LogP contribution is -2.69. The van der Waals surface area contributed by atoms with E-state index in [2.05, 4.69) is 6.92 Å². The van der Waals surface area contributed by atoms with Crippen LogP contribution >= 0.6 is 0 Å². The van der Waals surface area contributed by atoms with Crippen molar-refractivity contribution in [1.29, 1.82) is 0 Å². The Balaban J connectivity index is 1.21. The molecule has 0 bridgehead atoms. The van der Waals surface area contributed by atoms with Gasteiger partial charge in [0.1, 0.15) is 19.0 Å². The number of esters is 1. The molecule has 0 radical (unpaired) electrons. The van der Waals surface area contributed by atoms with Crippen LogP contribution in [0.2, 0.25) is 0 Å². The summed E-state index contributed by atoms with van der Waals surface area (Å²) in [5.41, 5.74) is -2.52. The van der Waals surface area contributed by atoms with Gasteiger partial charge in [-0.25, -0.2) is 4.79 Å². The van der Waals surface area contributed by atoms with Crippen molar-refractivity contribution in [1.82, 2.24) is 0 Å². The van der Waals surface area contributed by atoms with Crippen LogP contribution in [0.3, 0.4) is 0 Å². The molecule has 0 amide bonds. The lowest BCUT2D eigenvalue weighted by Gasteiger charge is -2.65. The van der Waals surface area contributed by atoms with Gasteiger partial charge in [-0.15, -0.1) is 0 Å². The Morgan fingerprint density at radius 3 is 2.54 bits per heavy atom. The minimum Gasteiger partial charge on any atom is -0.458 e.